The molecule has 8 heteroatoms. The van der Waals surface area contributed by atoms with Crippen molar-refractivity contribution < 1.29 is 14.7 Å². The van der Waals surface area contributed by atoms with Gasteiger partial charge in [-0.1, -0.05) is 6.07 Å². The van der Waals surface area contributed by atoms with Gasteiger partial charge in [-0.2, -0.15) is 0 Å². The number of anilines is 3. The quantitative estimate of drug-likeness (QED) is 0.576. The van der Waals surface area contributed by atoms with E-state index in [1.165, 1.54) is 6.92 Å². The first-order chi connectivity index (χ1) is 17.7. The third-order valence-corrected chi connectivity index (χ3v) is 9.22. The Hall–Kier alpha value is -3.13. The molecule has 1 aliphatic heterocycles. The highest BCUT2D eigenvalue weighted by molar-refractivity contribution is 5.93. The zero-order chi connectivity index (χ0) is 25.9. The van der Waals surface area contributed by atoms with Crippen molar-refractivity contribution in [3.05, 3.63) is 47.7 Å². The average molecular weight is 504 g/mol. The minimum absolute atomic E-state index is 0.0792. The summed E-state index contributed by atoms with van der Waals surface area (Å²) in [4.78, 5) is 33.4. The van der Waals surface area contributed by atoms with Crippen LogP contribution in [0.3, 0.4) is 0 Å². The molecule has 1 saturated heterocycles. The van der Waals surface area contributed by atoms with Crippen LogP contribution in [0.2, 0.25) is 0 Å². The average Bonchev–Trinajstić information content (AvgIpc) is 2.83. The molecular weight excluding hydrogens is 466 g/mol. The van der Waals surface area contributed by atoms with E-state index in [4.69, 9.17) is 10.7 Å². The first-order valence-electron chi connectivity index (χ1n) is 13.6. The van der Waals surface area contributed by atoms with E-state index >= 15 is 0 Å². The number of hydrogen-bond acceptors (Lipinski definition) is 6. The molecule has 2 aromatic rings. The number of aromatic nitrogens is 1. The van der Waals surface area contributed by atoms with Crippen molar-refractivity contribution in [1.82, 2.24) is 4.98 Å². The predicted molar refractivity (Wildman–Crippen MR) is 144 cm³/mol. The third-order valence-electron chi connectivity index (χ3n) is 9.22. The van der Waals surface area contributed by atoms with Gasteiger partial charge in [0.2, 0.25) is 5.91 Å². The number of aliphatic hydroxyl groups is 1. The standard InChI is InChI=1S/C29H37N5O3/c1-17-16-33(23-5-3-22(4-6-23)31-18(2)35)9-10-34(17)25-8-7-24(27(32-25)28(30)36)26-20-11-19-12-21(26)15-29(37,13-19)14-20/h3-8,17,19-21,26,37H,9-16H2,1-2H3,(H2,30,36)(H,31,35)/t17-,19?,20?,21?,26?,29?/m1/s1. The van der Waals surface area contributed by atoms with Crippen LogP contribution in [0, 0.1) is 17.8 Å². The Morgan fingerprint density at radius 1 is 1.05 bits per heavy atom. The number of amides is 2. The van der Waals surface area contributed by atoms with Gasteiger partial charge in [0.15, 0.2) is 0 Å². The second-order valence-corrected chi connectivity index (χ2v) is 11.9. The molecule has 196 valence electrons. The van der Waals surface area contributed by atoms with Crippen molar-refractivity contribution in [1.29, 1.82) is 0 Å². The molecule has 4 saturated carbocycles. The summed E-state index contributed by atoms with van der Waals surface area (Å²) in [6.07, 6.45) is 4.86. The van der Waals surface area contributed by atoms with E-state index in [9.17, 15) is 14.7 Å². The van der Waals surface area contributed by atoms with E-state index in [-0.39, 0.29) is 17.9 Å². The van der Waals surface area contributed by atoms with E-state index in [0.717, 1.165) is 74.5 Å². The van der Waals surface area contributed by atoms with Gasteiger partial charge in [0.25, 0.3) is 5.91 Å². The SMILES string of the molecule is CC(=O)Nc1ccc(N2CCN(c3ccc(C4C5CC6CC4CC(O)(C6)C5)c(C(N)=O)n3)[C@H](C)C2)cc1. The molecule has 7 rings (SSSR count). The summed E-state index contributed by atoms with van der Waals surface area (Å²) in [5, 5.41) is 13.8. The van der Waals surface area contributed by atoms with Gasteiger partial charge in [-0.05, 0) is 98.6 Å². The summed E-state index contributed by atoms with van der Waals surface area (Å²) in [7, 11) is 0. The van der Waals surface area contributed by atoms with Crippen LogP contribution in [0.1, 0.15) is 67.9 Å². The molecule has 4 aliphatic carbocycles. The van der Waals surface area contributed by atoms with Gasteiger partial charge in [-0.3, -0.25) is 9.59 Å². The summed E-state index contributed by atoms with van der Waals surface area (Å²) < 4.78 is 0. The molecule has 1 aromatic carbocycles. The first kappa shape index (κ1) is 24.2. The number of nitrogens with two attached hydrogens (primary N) is 1. The van der Waals surface area contributed by atoms with Crippen LogP contribution in [-0.4, -0.2) is 53.2 Å². The summed E-state index contributed by atoms with van der Waals surface area (Å²) >= 11 is 0. The Kier molecular flexibility index (Phi) is 5.90. The van der Waals surface area contributed by atoms with E-state index in [1.807, 2.05) is 24.3 Å². The molecule has 8 nitrogen and oxygen atoms in total. The molecule has 4 bridgehead atoms. The number of hydrogen-bond donors (Lipinski definition) is 3. The van der Waals surface area contributed by atoms with Gasteiger partial charge in [-0.15, -0.1) is 0 Å². The van der Waals surface area contributed by atoms with Gasteiger partial charge >= 0.3 is 0 Å². The summed E-state index contributed by atoms with van der Waals surface area (Å²) in [5.41, 5.74) is 8.70. The second-order valence-electron chi connectivity index (χ2n) is 11.9. The number of rotatable bonds is 5. The molecule has 5 aliphatic rings. The van der Waals surface area contributed by atoms with Crippen molar-refractivity contribution in [2.75, 3.05) is 34.8 Å². The van der Waals surface area contributed by atoms with Gasteiger partial charge in [0.1, 0.15) is 11.5 Å². The van der Waals surface area contributed by atoms with E-state index < -0.39 is 11.5 Å². The lowest BCUT2D eigenvalue weighted by Gasteiger charge is -2.58. The van der Waals surface area contributed by atoms with Crippen LogP contribution in [0.5, 0.6) is 0 Å². The number of carbonyl (C=O) groups is 2. The molecule has 4 N–H and O–H groups in total. The van der Waals surface area contributed by atoms with Crippen molar-refractivity contribution in [3.63, 3.8) is 0 Å². The number of carbonyl (C=O) groups excluding carboxylic acids is 2. The lowest BCUT2D eigenvalue weighted by atomic mass is 9.49. The Labute approximate surface area is 218 Å². The van der Waals surface area contributed by atoms with Crippen molar-refractivity contribution in [2.45, 2.75) is 63.5 Å². The number of benzene rings is 1. The fraction of sp³-hybridized carbons (Fsp3) is 0.552. The van der Waals surface area contributed by atoms with Crippen LogP contribution in [-0.2, 0) is 4.79 Å². The highest BCUT2D eigenvalue weighted by atomic mass is 16.3. The fourth-order valence-corrected chi connectivity index (χ4v) is 8.07. The molecule has 37 heavy (non-hydrogen) atoms. The summed E-state index contributed by atoms with van der Waals surface area (Å²) in [6, 6.07) is 12.3. The molecule has 0 spiro atoms. The molecule has 1 aromatic heterocycles. The van der Waals surface area contributed by atoms with E-state index in [1.54, 1.807) is 0 Å². The lowest BCUT2D eigenvalue weighted by Crippen LogP contribution is -2.54. The van der Waals surface area contributed by atoms with Crippen LogP contribution in [0.15, 0.2) is 36.4 Å². The van der Waals surface area contributed by atoms with E-state index in [2.05, 4.69) is 34.2 Å². The molecular formula is C29H37N5O3. The number of piperazine rings is 1. The maximum Gasteiger partial charge on any atom is 0.267 e. The van der Waals surface area contributed by atoms with Crippen molar-refractivity contribution in [2.24, 2.45) is 23.5 Å². The minimum atomic E-state index is -0.507. The Balaban J connectivity index is 1.20. The fourth-order valence-electron chi connectivity index (χ4n) is 8.07. The maximum atomic E-state index is 12.6. The molecule has 3 atom stereocenters. The Morgan fingerprint density at radius 2 is 1.76 bits per heavy atom. The van der Waals surface area contributed by atoms with Gasteiger partial charge in [0.05, 0.1) is 5.60 Å². The van der Waals surface area contributed by atoms with Gasteiger partial charge < -0.3 is 26.0 Å². The molecule has 0 radical (unpaired) electrons. The highest BCUT2D eigenvalue weighted by Gasteiger charge is 2.55. The number of primary amides is 1. The summed E-state index contributed by atoms with van der Waals surface area (Å²) in [5.74, 6) is 1.94. The predicted octanol–water partition coefficient (Wildman–Crippen LogP) is 3.51. The molecule has 2 heterocycles. The summed E-state index contributed by atoms with van der Waals surface area (Å²) in [6.45, 7) is 6.11. The smallest absolute Gasteiger partial charge is 0.267 e. The number of pyridine rings is 1. The van der Waals surface area contributed by atoms with Crippen molar-refractivity contribution >= 4 is 29.0 Å². The Morgan fingerprint density at radius 3 is 2.35 bits per heavy atom. The van der Waals surface area contributed by atoms with Gasteiger partial charge in [0, 0.05) is 44.0 Å². The van der Waals surface area contributed by atoms with Crippen LogP contribution >= 0.6 is 0 Å². The van der Waals surface area contributed by atoms with E-state index in [0.29, 0.717) is 23.4 Å². The first-order valence-corrected chi connectivity index (χ1v) is 13.6. The zero-order valence-corrected chi connectivity index (χ0v) is 21.7. The van der Waals surface area contributed by atoms with Gasteiger partial charge in [-0.25, -0.2) is 4.98 Å². The number of nitrogens with zero attached hydrogens (tertiary/aromatic N) is 3. The highest BCUT2D eigenvalue weighted by Crippen LogP contribution is 2.61. The monoisotopic (exact) mass is 503 g/mol. The van der Waals surface area contributed by atoms with Crippen LogP contribution < -0.4 is 20.9 Å². The third kappa shape index (κ3) is 4.45. The number of nitrogens with one attached hydrogen (secondary N) is 1. The maximum absolute atomic E-state index is 12.6. The molecule has 2 amide bonds. The largest absolute Gasteiger partial charge is 0.390 e. The normalized spacial score (nSPS) is 32.5. The lowest BCUT2D eigenvalue weighted by molar-refractivity contribution is -0.134. The topological polar surface area (TPSA) is 112 Å². The molecule has 2 unspecified atom stereocenters. The molecule has 5 fully saturated rings. The Bertz CT molecular complexity index is 1200. The minimum Gasteiger partial charge on any atom is -0.390 e. The second kappa shape index (κ2) is 9.01. The zero-order valence-electron chi connectivity index (χ0n) is 21.7. The van der Waals surface area contributed by atoms with Crippen LogP contribution in [0.25, 0.3) is 0 Å². The van der Waals surface area contributed by atoms with Crippen molar-refractivity contribution in [3.8, 4) is 0 Å². The van der Waals surface area contributed by atoms with Crippen LogP contribution in [0.4, 0.5) is 17.2 Å².